The zero-order chi connectivity index (χ0) is 7.44. The van der Waals surface area contributed by atoms with Gasteiger partial charge in [-0.2, -0.15) is 0 Å². The minimum atomic E-state index is -1.99. The third-order valence-corrected chi connectivity index (χ3v) is 0.332. The Hall–Kier alpha value is -0.370. The first-order valence-corrected chi connectivity index (χ1v) is 1.63. The van der Waals surface area contributed by atoms with Gasteiger partial charge in [0.2, 0.25) is 0 Å². The normalized spacial score (nSPS) is 6.55. The van der Waals surface area contributed by atoms with Crippen molar-refractivity contribution in [3.63, 3.8) is 0 Å². The van der Waals surface area contributed by atoms with Gasteiger partial charge in [-0.1, -0.05) is 0 Å². The van der Waals surface area contributed by atoms with Crippen LogP contribution < -0.4 is 42.0 Å². The quantitative estimate of drug-likeness (QED) is 0.192. The van der Waals surface area contributed by atoms with E-state index in [0.29, 0.717) is 0 Å². The molecular weight excluding hydrogens is 192 g/mol. The second kappa shape index (κ2) is 7.73. The van der Waals surface area contributed by atoms with Crippen molar-refractivity contribution in [2.45, 2.75) is 0 Å². The van der Waals surface area contributed by atoms with Gasteiger partial charge in [-0.25, -0.2) is 9.63 Å². The number of carbonyl (C=O) groups is 2. The summed E-state index contributed by atoms with van der Waals surface area (Å²) in [5.74, 6) is -3.90. The van der Waals surface area contributed by atoms with E-state index in [1.165, 1.54) is 0 Å². The van der Waals surface area contributed by atoms with E-state index in [2.05, 4.69) is 4.84 Å². The van der Waals surface area contributed by atoms with Gasteiger partial charge < -0.3 is 17.5 Å². The fourth-order valence-corrected chi connectivity index (χ4v) is 0.107. The van der Waals surface area contributed by atoms with Gasteiger partial charge in [-0.05, 0) is 0 Å². The SMILES string of the molecule is O=C(O)C(=O)O[N+](=O)[O-].[Cl-].[Na+]. The predicted molar refractivity (Wildman–Crippen MR) is 20.7 cm³/mol. The van der Waals surface area contributed by atoms with Crippen molar-refractivity contribution in [3.05, 3.63) is 10.1 Å². The Morgan fingerprint density at radius 3 is 1.91 bits per heavy atom. The Kier molecular flexibility index (Phi) is 11.9. The number of hydrogen-bond donors (Lipinski definition) is 1. The summed E-state index contributed by atoms with van der Waals surface area (Å²) in [6, 6.07) is 0. The molecule has 0 aromatic rings. The van der Waals surface area contributed by atoms with Crippen molar-refractivity contribution in [1.82, 2.24) is 0 Å². The van der Waals surface area contributed by atoms with E-state index in [4.69, 9.17) is 5.11 Å². The van der Waals surface area contributed by atoms with Gasteiger partial charge in [-0.15, -0.1) is 10.1 Å². The Morgan fingerprint density at radius 1 is 1.45 bits per heavy atom. The van der Waals surface area contributed by atoms with Crippen LogP contribution in [0.1, 0.15) is 0 Å². The molecule has 58 valence electrons. The standard InChI is InChI=1S/C2HNO6.ClH.Na/c4-1(5)2(6)9-3(7)8;;/h(H,4,5);1H;/q;;+1/p-1. The third-order valence-electron chi connectivity index (χ3n) is 0.332. The molecular formula is C2HClNNaO6. The molecule has 0 aliphatic rings. The first-order valence-electron chi connectivity index (χ1n) is 1.63. The number of hydrogen-bond acceptors (Lipinski definition) is 5. The van der Waals surface area contributed by atoms with E-state index in [9.17, 15) is 19.7 Å². The molecule has 0 heterocycles. The molecule has 0 aliphatic heterocycles. The fraction of sp³-hybridized carbons (Fsp3) is 0. The average molecular weight is 193 g/mol. The molecule has 0 unspecified atom stereocenters. The number of carboxylic acid groups (broad SMARTS) is 1. The molecule has 0 aromatic heterocycles. The van der Waals surface area contributed by atoms with Crippen molar-refractivity contribution in [2.24, 2.45) is 0 Å². The third kappa shape index (κ3) is 9.63. The van der Waals surface area contributed by atoms with E-state index in [1.54, 1.807) is 0 Å². The summed E-state index contributed by atoms with van der Waals surface area (Å²) in [4.78, 5) is 31.4. The van der Waals surface area contributed by atoms with Crippen molar-refractivity contribution < 1.29 is 66.6 Å². The summed E-state index contributed by atoms with van der Waals surface area (Å²) < 4.78 is 0. The van der Waals surface area contributed by atoms with Gasteiger partial charge >= 0.3 is 46.6 Å². The van der Waals surface area contributed by atoms with Gasteiger partial charge in [0.25, 0.3) is 0 Å². The summed E-state index contributed by atoms with van der Waals surface area (Å²) in [5, 5.41) is 15.4. The molecule has 0 aromatic carbocycles. The molecule has 11 heavy (non-hydrogen) atoms. The molecule has 7 nitrogen and oxygen atoms in total. The number of carboxylic acids is 1. The van der Waals surface area contributed by atoms with Gasteiger partial charge in [0, 0.05) is 0 Å². The largest absolute Gasteiger partial charge is 1.00 e. The minimum Gasteiger partial charge on any atom is -1.00 e. The summed E-state index contributed by atoms with van der Waals surface area (Å²) in [6.07, 6.45) is 0. The molecule has 1 N–H and O–H groups in total. The molecule has 0 amide bonds. The molecule has 0 bridgehead atoms. The van der Waals surface area contributed by atoms with E-state index in [1.807, 2.05) is 0 Å². The zero-order valence-corrected chi connectivity index (χ0v) is 8.07. The van der Waals surface area contributed by atoms with Crippen molar-refractivity contribution in [3.8, 4) is 0 Å². The predicted octanol–water partition coefficient (Wildman–Crippen LogP) is -7.19. The van der Waals surface area contributed by atoms with Gasteiger partial charge in [0.15, 0.2) is 0 Å². The molecule has 0 rings (SSSR count). The van der Waals surface area contributed by atoms with Crippen molar-refractivity contribution in [1.29, 1.82) is 0 Å². The molecule has 0 saturated carbocycles. The molecule has 0 saturated heterocycles. The van der Waals surface area contributed by atoms with Crippen LogP contribution in [0.4, 0.5) is 0 Å². The zero-order valence-electron chi connectivity index (χ0n) is 5.31. The van der Waals surface area contributed by atoms with Crippen LogP contribution in [0, 0.1) is 10.1 Å². The second-order valence-corrected chi connectivity index (χ2v) is 0.908. The van der Waals surface area contributed by atoms with Crippen LogP contribution >= 0.6 is 0 Å². The van der Waals surface area contributed by atoms with E-state index in [-0.39, 0.29) is 42.0 Å². The van der Waals surface area contributed by atoms with E-state index < -0.39 is 17.0 Å². The van der Waals surface area contributed by atoms with Crippen LogP contribution in [0.5, 0.6) is 0 Å². The Morgan fingerprint density at radius 2 is 1.82 bits per heavy atom. The Labute approximate surface area is 88.5 Å². The van der Waals surface area contributed by atoms with Crippen LogP contribution in [-0.4, -0.2) is 22.1 Å². The number of carbonyl (C=O) groups excluding carboxylic acids is 1. The maximum absolute atomic E-state index is 9.69. The minimum absolute atomic E-state index is 0. The number of halogens is 1. The monoisotopic (exact) mass is 193 g/mol. The molecule has 0 aliphatic carbocycles. The summed E-state index contributed by atoms with van der Waals surface area (Å²) in [5.41, 5.74) is 0. The first-order chi connectivity index (χ1) is 4.04. The topological polar surface area (TPSA) is 107 Å². The van der Waals surface area contributed by atoms with Gasteiger partial charge in [0.1, 0.15) is 0 Å². The van der Waals surface area contributed by atoms with Crippen LogP contribution in [-0.2, 0) is 14.4 Å². The van der Waals surface area contributed by atoms with Crippen LogP contribution in [0.25, 0.3) is 0 Å². The molecule has 0 radical (unpaired) electrons. The maximum Gasteiger partial charge on any atom is 1.00 e. The number of rotatable bonds is 1. The maximum atomic E-state index is 9.69. The summed E-state index contributed by atoms with van der Waals surface area (Å²) >= 11 is 0. The van der Waals surface area contributed by atoms with Crippen LogP contribution in [0.15, 0.2) is 0 Å². The van der Waals surface area contributed by atoms with Gasteiger partial charge in [-0.3, -0.25) is 4.79 Å². The molecule has 0 atom stereocenters. The molecule has 9 heteroatoms. The van der Waals surface area contributed by atoms with Gasteiger partial charge in [0.05, 0.1) is 0 Å². The molecule has 0 spiro atoms. The summed E-state index contributed by atoms with van der Waals surface area (Å²) in [6.45, 7) is 0. The Bertz CT molecular complexity index is 170. The van der Waals surface area contributed by atoms with Crippen molar-refractivity contribution in [2.75, 3.05) is 0 Å². The number of nitrogens with zero attached hydrogens (tertiary/aromatic N) is 1. The summed E-state index contributed by atoms with van der Waals surface area (Å²) in [7, 11) is 0. The van der Waals surface area contributed by atoms with E-state index >= 15 is 0 Å². The smallest absolute Gasteiger partial charge is 1.00 e. The van der Waals surface area contributed by atoms with Crippen LogP contribution in [0.2, 0.25) is 0 Å². The average Bonchev–Trinajstić information content (AvgIpc) is 1.63. The molecule has 0 fully saturated rings. The van der Waals surface area contributed by atoms with Crippen LogP contribution in [0.3, 0.4) is 0 Å². The fourth-order valence-electron chi connectivity index (χ4n) is 0.107. The number of aliphatic carboxylic acids is 1. The second-order valence-electron chi connectivity index (χ2n) is 0.908. The Balaban J connectivity index is -0.000000320. The van der Waals surface area contributed by atoms with E-state index in [0.717, 1.165) is 0 Å². The first kappa shape index (κ1) is 16.9. The van der Waals surface area contributed by atoms with Crippen molar-refractivity contribution >= 4 is 11.9 Å².